The predicted octanol–water partition coefficient (Wildman–Crippen LogP) is 3.53. The Morgan fingerprint density at radius 2 is 1.97 bits per heavy atom. The molecular weight excluding hydrogens is 466 g/mol. The second-order valence-electron chi connectivity index (χ2n) is 12.8. The molecule has 5 aliphatic rings. The van der Waals surface area contributed by atoms with Crippen molar-refractivity contribution in [3.8, 4) is 0 Å². The summed E-state index contributed by atoms with van der Waals surface area (Å²) in [7, 11) is 3.89. The Balaban J connectivity index is 1.41. The van der Waals surface area contributed by atoms with E-state index in [1.165, 1.54) is 0 Å². The van der Waals surface area contributed by atoms with Crippen LogP contribution in [0.3, 0.4) is 0 Å². The largest absolute Gasteiger partial charge is 0.388 e. The summed E-state index contributed by atoms with van der Waals surface area (Å²) in [5.74, 6) is 0.00998. The highest BCUT2D eigenvalue weighted by Gasteiger charge is 2.70. The molecule has 7 unspecified atom stereocenters. The molecule has 6 rings (SSSR count). The van der Waals surface area contributed by atoms with Crippen molar-refractivity contribution in [2.24, 2.45) is 16.7 Å². The number of amides is 1. The van der Waals surface area contributed by atoms with Crippen LogP contribution < -0.4 is 5.32 Å². The molecule has 7 nitrogen and oxygen atoms in total. The van der Waals surface area contributed by atoms with Gasteiger partial charge in [0.25, 0.3) is 5.91 Å². The van der Waals surface area contributed by atoms with Crippen molar-refractivity contribution in [1.82, 2.24) is 9.88 Å². The standard InChI is InChI=1S/C30H39N3O4/c1-17-21(8-7-13-31-17)32-26(36)19-9-10-23-28(19,4)27(2,3)15-18-14-20-24(34)25(35)22(33(5)6)16-29(20)11-12-30(18,23)37-29/h7-9,13-15,22-25,34-35H,10-12,16H2,1-6H3,(H,32,36). The van der Waals surface area contributed by atoms with E-state index < -0.39 is 28.8 Å². The van der Waals surface area contributed by atoms with Crippen molar-refractivity contribution in [3.63, 3.8) is 0 Å². The average molecular weight is 506 g/mol. The summed E-state index contributed by atoms with van der Waals surface area (Å²) in [6, 6.07) is 3.53. The molecule has 2 bridgehead atoms. The number of allylic oxidation sites excluding steroid dienone is 2. The van der Waals surface area contributed by atoms with Gasteiger partial charge >= 0.3 is 0 Å². The number of fused-ring (bicyclic) bond motifs is 1. The highest BCUT2D eigenvalue weighted by Crippen LogP contribution is 2.70. The topological polar surface area (TPSA) is 94.9 Å². The summed E-state index contributed by atoms with van der Waals surface area (Å²) in [6.45, 7) is 8.52. The number of likely N-dealkylation sites (N-methyl/N-ethyl adjacent to an activating group) is 1. The SMILES string of the molecule is Cc1ncccc1NC(=O)C1=CCC2C34CCC5(CC(N(C)C)C(O)C(O)C5=CC3=CC(C)(C)C12C)O4. The number of aromatic nitrogens is 1. The lowest BCUT2D eigenvalue weighted by Crippen LogP contribution is -2.63. The number of aliphatic hydroxyl groups is 2. The van der Waals surface area contributed by atoms with Crippen molar-refractivity contribution < 1.29 is 19.7 Å². The average Bonchev–Trinajstić information content (AvgIpc) is 3.37. The zero-order valence-electron chi connectivity index (χ0n) is 22.7. The number of carbonyl (C=O) groups excluding carboxylic acids is 1. The normalized spacial score (nSPS) is 41.3. The quantitative estimate of drug-likeness (QED) is 0.582. The first kappa shape index (κ1) is 25.0. The van der Waals surface area contributed by atoms with Gasteiger partial charge in [-0.2, -0.15) is 0 Å². The van der Waals surface area contributed by atoms with Gasteiger partial charge in [0.05, 0.1) is 28.7 Å². The van der Waals surface area contributed by atoms with Gasteiger partial charge in [-0.25, -0.2) is 0 Å². The van der Waals surface area contributed by atoms with Crippen LogP contribution in [0.5, 0.6) is 0 Å². The number of rotatable bonds is 3. The van der Waals surface area contributed by atoms with Gasteiger partial charge in [0.1, 0.15) is 6.10 Å². The molecule has 7 atom stereocenters. The number of ether oxygens (including phenoxy) is 1. The van der Waals surface area contributed by atoms with Gasteiger partial charge in [0.2, 0.25) is 0 Å². The van der Waals surface area contributed by atoms with Gasteiger partial charge in [0.15, 0.2) is 0 Å². The summed E-state index contributed by atoms with van der Waals surface area (Å²) >= 11 is 0. The van der Waals surface area contributed by atoms with Gasteiger partial charge in [-0.15, -0.1) is 0 Å². The maximum atomic E-state index is 13.8. The molecule has 1 amide bonds. The maximum Gasteiger partial charge on any atom is 0.251 e. The van der Waals surface area contributed by atoms with Gasteiger partial charge in [-0.3, -0.25) is 9.78 Å². The second kappa shape index (κ2) is 7.85. The third-order valence-corrected chi connectivity index (χ3v) is 10.6. The highest BCUT2D eigenvalue weighted by molar-refractivity contribution is 6.05. The molecule has 1 aromatic heterocycles. The fraction of sp³-hybridized carbons (Fsp3) is 0.600. The number of hydrogen-bond acceptors (Lipinski definition) is 6. The lowest BCUT2D eigenvalue weighted by atomic mass is 9.49. The molecule has 0 aromatic carbocycles. The molecular formula is C30H39N3O4. The van der Waals surface area contributed by atoms with Crippen LogP contribution in [0.2, 0.25) is 0 Å². The second-order valence-corrected chi connectivity index (χ2v) is 12.8. The lowest BCUT2D eigenvalue weighted by Gasteiger charge is -2.59. The van der Waals surface area contributed by atoms with E-state index in [1.54, 1.807) is 6.20 Å². The zero-order chi connectivity index (χ0) is 26.5. The monoisotopic (exact) mass is 505 g/mol. The summed E-state index contributed by atoms with van der Waals surface area (Å²) in [6.07, 6.45) is 9.48. The fourth-order valence-electron chi connectivity index (χ4n) is 8.23. The molecule has 2 aliphatic heterocycles. The number of carbonyl (C=O) groups is 1. The summed E-state index contributed by atoms with van der Waals surface area (Å²) in [4.78, 5) is 20.1. The molecule has 3 heterocycles. The summed E-state index contributed by atoms with van der Waals surface area (Å²) in [5.41, 5.74) is 2.34. The minimum atomic E-state index is -0.958. The van der Waals surface area contributed by atoms with Crippen LogP contribution in [0.25, 0.3) is 0 Å². The van der Waals surface area contributed by atoms with Crippen LogP contribution in [0.1, 0.15) is 52.1 Å². The molecule has 37 heavy (non-hydrogen) atoms. The van der Waals surface area contributed by atoms with Crippen molar-refractivity contribution in [2.45, 2.75) is 82.8 Å². The number of aryl methyl sites for hydroxylation is 1. The molecule has 1 saturated carbocycles. The van der Waals surface area contributed by atoms with Gasteiger partial charge < -0.3 is 25.2 Å². The Morgan fingerprint density at radius 3 is 2.68 bits per heavy atom. The number of anilines is 1. The smallest absolute Gasteiger partial charge is 0.251 e. The Kier molecular flexibility index (Phi) is 5.30. The van der Waals surface area contributed by atoms with Crippen LogP contribution in [0, 0.1) is 23.7 Å². The summed E-state index contributed by atoms with van der Waals surface area (Å²) < 4.78 is 7.21. The number of nitrogens with one attached hydrogen (secondary N) is 1. The molecule has 198 valence electrons. The van der Waals surface area contributed by atoms with E-state index in [2.05, 4.69) is 49.3 Å². The van der Waals surface area contributed by atoms with E-state index in [9.17, 15) is 15.0 Å². The van der Waals surface area contributed by atoms with E-state index >= 15 is 0 Å². The van der Waals surface area contributed by atoms with E-state index in [0.29, 0.717) is 6.42 Å². The Labute approximate surface area is 219 Å². The fourth-order valence-corrected chi connectivity index (χ4v) is 8.23. The summed E-state index contributed by atoms with van der Waals surface area (Å²) in [5, 5.41) is 25.3. The first-order valence-corrected chi connectivity index (χ1v) is 13.5. The van der Waals surface area contributed by atoms with Crippen LogP contribution in [-0.4, -0.2) is 69.6 Å². The van der Waals surface area contributed by atoms with Gasteiger partial charge in [0, 0.05) is 29.1 Å². The molecule has 7 heteroatoms. The molecule has 1 saturated heterocycles. The van der Waals surface area contributed by atoms with E-state index in [0.717, 1.165) is 47.4 Å². The number of hydrogen-bond donors (Lipinski definition) is 3. The molecule has 1 aromatic rings. The Morgan fingerprint density at radius 1 is 1.22 bits per heavy atom. The maximum absolute atomic E-state index is 13.8. The van der Waals surface area contributed by atoms with Crippen LogP contribution in [0.15, 0.2) is 53.3 Å². The van der Waals surface area contributed by atoms with E-state index in [1.807, 2.05) is 38.1 Å². The van der Waals surface area contributed by atoms with Crippen molar-refractivity contribution >= 4 is 11.6 Å². The van der Waals surface area contributed by atoms with Gasteiger partial charge in [-0.05, 0) is 75.4 Å². The molecule has 3 N–H and O–H groups in total. The van der Waals surface area contributed by atoms with Gasteiger partial charge in [-0.1, -0.05) is 39.0 Å². The zero-order valence-corrected chi connectivity index (χ0v) is 22.7. The Hall–Kier alpha value is -2.32. The minimum Gasteiger partial charge on any atom is -0.388 e. The van der Waals surface area contributed by atoms with Crippen LogP contribution in [-0.2, 0) is 9.53 Å². The predicted molar refractivity (Wildman–Crippen MR) is 142 cm³/mol. The molecule has 2 fully saturated rings. The molecule has 2 spiro atoms. The number of nitrogens with zero attached hydrogens (tertiary/aromatic N) is 2. The highest BCUT2D eigenvalue weighted by atomic mass is 16.5. The van der Waals surface area contributed by atoms with E-state index in [4.69, 9.17) is 4.74 Å². The van der Waals surface area contributed by atoms with Crippen LogP contribution in [0.4, 0.5) is 5.69 Å². The first-order chi connectivity index (χ1) is 17.4. The van der Waals surface area contributed by atoms with Crippen molar-refractivity contribution in [2.75, 3.05) is 19.4 Å². The molecule has 3 aliphatic carbocycles. The number of aliphatic hydroxyl groups excluding tert-OH is 2. The molecule has 0 radical (unpaired) electrons. The number of pyridine rings is 1. The third kappa shape index (κ3) is 3.14. The van der Waals surface area contributed by atoms with E-state index in [-0.39, 0.29) is 23.3 Å². The van der Waals surface area contributed by atoms with Crippen molar-refractivity contribution in [1.29, 1.82) is 0 Å². The first-order valence-electron chi connectivity index (χ1n) is 13.5. The third-order valence-electron chi connectivity index (χ3n) is 10.6. The van der Waals surface area contributed by atoms with Crippen LogP contribution >= 0.6 is 0 Å². The Bertz CT molecular complexity index is 1270. The van der Waals surface area contributed by atoms with Crippen molar-refractivity contribution in [3.05, 3.63) is 59.0 Å². The lowest BCUT2D eigenvalue weighted by molar-refractivity contribution is -0.172. The minimum absolute atomic E-state index is 0.0777.